The summed E-state index contributed by atoms with van der Waals surface area (Å²) in [5.41, 5.74) is -0.697. The van der Waals surface area contributed by atoms with E-state index in [0.717, 1.165) is 38.2 Å². The number of amides is 3. The van der Waals surface area contributed by atoms with Gasteiger partial charge in [-0.05, 0) is 57.6 Å². The number of ether oxygens (including phenoxy) is 1. The number of imide groups is 1. The number of nitrogens with zero attached hydrogens (tertiary/aromatic N) is 1. The molecular formula is C22H32FN3O5S. The highest BCUT2D eigenvalue weighted by Crippen LogP contribution is 2.31. The van der Waals surface area contributed by atoms with Crippen LogP contribution in [0.3, 0.4) is 0 Å². The number of unbranched alkanes of at least 4 members (excludes halogenated alkanes) is 2. The third kappa shape index (κ3) is 7.16. The van der Waals surface area contributed by atoms with Crippen molar-refractivity contribution in [2.45, 2.75) is 69.2 Å². The van der Waals surface area contributed by atoms with E-state index in [4.69, 9.17) is 4.74 Å². The van der Waals surface area contributed by atoms with Crippen LogP contribution in [0.1, 0.15) is 58.8 Å². The first kappa shape index (κ1) is 24.4. The van der Waals surface area contributed by atoms with Gasteiger partial charge in [-0.25, -0.2) is 22.3 Å². The fourth-order valence-electron chi connectivity index (χ4n) is 3.59. The van der Waals surface area contributed by atoms with Gasteiger partial charge in [-0.3, -0.25) is 10.1 Å². The number of urea groups is 1. The molecule has 0 radical (unpaired) electrons. The monoisotopic (exact) mass is 469 g/mol. The molecule has 32 heavy (non-hydrogen) atoms. The molecule has 1 heterocycles. The fraction of sp³-hybridized carbons (Fsp3) is 0.636. The van der Waals surface area contributed by atoms with Crippen LogP contribution in [0.25, 0.3) is 0 Å². The Morgan fingerprint density at radius 1 is 1.22 bits per heavy atom. The van der Waals surface area contributed by atoms with Crippen LogP contribution in [0.4, 0.5) is 9.18 Å². The van der Waals surface area contributed by atoms with Gasteiger partial charge in [0.15, 0.2) is 11.6 Å². The number of nitrogens with one attached hydrogen (secondary N) is 2. The van der Waals surface area contributed by atoms with Crippen LogP contribution in [0.15, 0.2) is 23.1 Å². The van der Waals surface area contributed by atoms with Crippen LogP contribution in [0, 0.1) is 11.7 Å². The maximum absolute atomic E-state index is 14.0. The van der Waals surface area contributed by atoms with Gasteiger partial charge >= 0.3 is 6.03 Å². The zero-order valence-corrected chi connectivity index (χ0v) is 19.5. The van der Waals surface area contributed by atoms with Crippen LogP contribution in [-0.4, -0.2) is 50.5 Å². The standard InChI is InChI=1S/C22H32FN3O5S/c1-22(2,11-4-3-5-12-26-13-10-20(27)24-21(26)28)25-32(29,30)17-8-9-18(23)19(14-17)31-15-16-6-7-16/h8-9,14,16,25H,3-7,10-13,15H2,1-2H3,(H,24,27,28). The predicted octanol–water partition coefficient (Wildman–Crippen LogP) is 3.17. The number of carbonyl (C=O) groups is 2. The lowest BCUT2D eigenvalue weighted by atomic mass is 9.98. The Bertz CT molecular complexity index is 947. The maximum atomic E-state index is 14.0. The van der Waals surface area contributed by atoms with Gasteiger partial charge in [-0.15, -0.1) is 0 Å². The van der Waals surface area contributed by atoms with E-state index in [1.54, 1.807) is 4.90 Å². The second-order valence-electron chi connectivity index (χ2n) is 9.24. The molecule has 0 bridgehead atoms. The van der Waals surface area contributed by atoms with E-state index in [2.05, 4.69) is 10.0 Å². The molecule has 8 nitrogen and oxygen atoms in total. The molecule has 178 valence electrons. The SMILES string of the molecule is CC(C)(CCCCCN1CCC(=O)NC1=O)NS(=O)(=O)c1ccc(F)c(OCC2CC2)c1. The van der Waals surface area contributed by atoms with Crippen molar-refractivity contribution in [3.05, 3.63) is 24.0 Å². The number of benzene rings is 1. The van der Waals surface area contributed by atoms with Gasteiger partial charge in [-0.2, -0.15) is 0 Å². The van der Waals surface area contributed by atoms with E-state index in [1.807, 2.05) is 13.8 Å². The van der Waals surface area contributed by atoms with Crippen molar-refractivity contribution in [2.24, 2.45) is 5.92 Å². The third-order valence-electron chi connectivity index (χ3n) is 5.67. The summed E-state index contributed by atoms with van der Waals surface area (Å²) >= 11 is 0. The lowest BCUT2D eigenvalue weighted by Gasteiger charge is -2.27. The molecule has 0 spiro atoms. The smallest absolute Gasteiger partial charge is 0.324 e. The van der Waals surface area contributed by atoms with Gasteiger partial charge in [-0.1, -0.05) is 12.8 Å². The van der Waals surface area contributed by atoms with Crippen LogP contribution in [-0.2, 0) is 14.8 Å². The summed E-state index contributed by atoms with van der Waals surface area (Å²) in [4.78, 5) is 24.5. The van der Waals surface area contributed by atoms with Crippen LogP contribution in [0.2, 0.25) is 0 Å². The Labute approximate surface area is 188 Å². The fourth-order valence-corrected chi connectivity index (χ4v) is 5.04. The molecule has 3 rings (SSSR count). The summed E-state index contributed by atoms with van der Waals surface area (Å²) in [6, 6.07) is 3.25. The molecule has 2 fully saturated rings. The van der Waals surface area contributed by atoms with Crippen molar-refractivity contribution >= 4 is 22.0 Å². The minimum absolute atomic E-state index is 0.0246. The molecule has 10 heteroatoms. The van der Waals surface area contributed by atoms with Gasteiger partial charge in [0.25, 0.3) is 0 Å². The second kappa shape index (κ2) is 10.2. The largest absolute Gasteiger partial charge is 0.490 e. The Balaban J connectivity index is 1.46. The molecule has 3 amide bonds. The lowest BCUT2D eigenvalue weighted by molar-refractivity contribution is -0.121. The Morgan fingerprint density at radius 2 is 1.97 bits per heavy atom. The van der Waals surface area contributed by atoms with Crippen molar-refractivity contribution in [1.82, 2.24) is 14.9 Å². The molecule has 1 aromatic rings. The third-order valence-corrected chi connectivity index (χ3v) is 7.36. The quantitative estimate of drug-likeness (QED) is 0.458. The van der Waals surface area contributed by atoms with Crippen molar-refractivity contribution in [3.8, 4) is 5.75 Å². The molecule has 2 aliphatic rings. The maximum Gasteiger partial charge on any atom is 0.324 e. The number of rotatable bonds is 12. The number of halogens is 1. The Hall–Kier alpha value is -2.20. The topological polar surface area (TPSA) is 105 Å². The van der Waals surface area contributed by atoms with Gasteiger partial charge in [0.05, 0.1) is 11.5 Å². The first-order chi connectivity index (χ1) is 15.1. The first-order valence-electron chi connectivity index (χ1n) is 11.1. The van der Waals surface area contributed by atoms with Gasteiger partial charge in [0.1, 0.15) is 0 Å². The summed E-state index contributed by atoms with van der Waals surface area (Å²) in [6.07, 6.45) is 5.38. The number of hydrogen-bond acceptors (Lipinski definition) is 5. The number of carbonyl (C=O) groups excluding carboxylic acids is 2. The minimum Gasteiger partial charge on any atom is -0.490 e. The van der Waals surface area contributed by atoms with E-state index >= 15 is 0 Å². The van der Waals surface area contributed by atoms with E-state index in [-0.39, 0.29) is 22.6 Å². The Morgan fingerprint density at radius 3 is 2.66 bits per heavy atom. The minimum atomic E-state index is -3.84. The summed E-state index contributed by atoms with van der Waals surface area (Å²) in [5, 5.41) is 2.30. The van der Waals surface area contributed by atoms with E-state index in [9.17, 15) is 22.4 Å². The van der Waals surface area contributed by atoms with Gasteiger partial charge in [0.2, 0.25) is 15.9 Å². The molecule has 2 N–H and O–H groups in total. The van der Waals surface area contributed by atoms with Crippen LogP contribution >= 0.6 is 0 Å². The molecule has 1 saturated carbocycles. The molecule has 1 aliphatic heterocycles. The molecule has 0 atom stereocenters. The number of hydrogen-bond donors (Lipinski definition) is 2. The average molecular weight is 470 g/mol. The van der Waals surface area contributed by atoms with Crippen molar-refractivity contribution in [3.63, 3.8) is 0 Å². The molecular weight excluding hydrogens is 437 g/mol. The highest BCUT2D eigenvalue weighted by molar-refractivity contribution is 7.89. The highest BCUT2D eigenvalue weighted by atomic mass is 32.2. The zero-order chi connectivity index (χ0) is 23.4. The molecule has 0 unspecified atom stereocenters. The summed E-state index contributed by atoms with van der Waals surface area (Å²) in [7, 11) is -3.84. The van der Waals surface area contributed by atoms with Crippen LogP contribution < -0.4 is 14.8 Å². The predicted molar refractivity (Wildman–Crippen MR) is 117 cm³/mol. The first-order valence-corrected chi connectivity index (χ1v) is 12.6. The second-order valence-corrected chi connectivity index (χ2v) is 10.9. The summed E-state index contributed by atoms with van der Waals surface area (Å²) in [6.45, 7) is 5.00. The van der Waals surface area contributed by atoms with Crippen molar-refractivity contribution < 1.29 is 27.1 Å². The molecule has 1 aliphatic carbocycles. The van der Waals surface area contributed by atoms with E-state index < -0.39 is 21.4 Å². The zero-order valence-electron chi connectivity index (χ0n) is 18.7. The molecule has 1 aromatic carbocycles. The van der Waals surface area contributed by atoms with Gasteiger partial charge < -0.3 is 9.64 Å². The van der Waals surface area contributed by atoms with Crippen molar-refractivity contribution in [2.75, 3.05) is 19.7 Å². The Kier molecular flexibility index (Phi) is 7.76. The number of sulfonamides is 1. The van der Waals surface area contributed by atoms with E-state index in [1.165, 1.54) is 12.1 Å². The normalized spacial score (nSPS) is 17.4. The summed E-state index contributed by atoms with van der Waals surface area (Å²) in [5.74, 6) is -0.432. The molecule has 1 saturated heterocycles. The van der Waals surface area contributed by atoms with Crippen molar-refractivity contribution in [1.29, 1.82) is 0 Å². The van der Waals surface area contributed by atoms with Crippen LogP contribution in [0.5, 0.6) is 5.75 Å². The highest BCUT2D eigenvalue weighted by Gasteiger charge is 2.28. The van der Waals surface area contributed by atoms with E-state index in [0.29, 0.717) is 38.5 Å². The van der Waals surface area contributed by atoms with Gasteiger partial charge in [0, 0.05) is 31.1 Å². The molecule has 0 aromatic heterocycles. The summed E-state index contributed by atoms with van der Waals surface area (Å²) < 4.78 is 47.9. The average Bonchev–Trinajstić information content (AvgIpc) is 3.52. The lowest BCUT2D eigenvalue weighted by Crippen LogP contribution is -2.49.